The Morgan fingerprint density at radius 2 is 1.97 bits per heavy atom. The molecule has 1 aromatic carbocycles. The molecule has 0 unspecified atom stereocenters. The second-order valence-corrected chi connectivity index (χ2v) is 9.40. The molecule has 5 rings (SSSR count). The summed E-state index contributed by atoms with van der Waals surface area (Å²) in [5.41, 5.74) is 3.81. The maximum absolute atomic E-state index is 14.4. The predicted octanol–water partition coefficient (Wildman–Crippen LogP) is 5.17. The fraction of sp³-hybridized carbons (Fsp3) is 0.391. The topological polar surface area (TPSA) is 63.9 Å². The first-order chi connectivity index (χ1) is 15.3. The van der Waals surface area contributed by atoms with Crippen molar-refractivity contribution in [1.29, 1.82) is 0 Å². The van der Waals surface area contributed by atoms with Crippen molar-refractivity contribution in [2.75, 3.05) is 0 Å². The number of amides is 1. The van der Waals surface area contributed by atoms with Crippen molar-refractivity contribution in [3.05, 3.63) is 62.9 Å². The molecule has 2 aliphatic heterocycles. The monoisotopic (exact) mass is 473 g/mol. The largest absolute Gasteiger partial charge is 0.326 e. The van der Waals surface area contributed by atoms with Crippen LogP contribution in [0.1, 0.15) is 53.2 Å². The van der Waals surface area contributed by atoms with Crippen LogP contribution in [0.3, 0.4) is 0 Å². The highest BCUT2D eigenvalue weighted by Gasteiger charge is 2.46. The Morgan fingerprint density at radius 1 is 1.19 bits per heavy atom. The van der Waals surface area contributed by atoms with Crippen molar-refractivity contribution in [2.24, 2.45) is 13.0 Å². The molecule has 9 heteroatoms. The number of halogens is 3. The highest BCUT2D eigenvalue weighted by atomic mass is 35.5. The lowest BCUT2D eigenvalue weighted by atomic mass is 9.76. The summed E-state index contributed by atoms with van der Waals surface area (Å²) in [7, 11) is 1.89. The maximum Gasteiger partial charge on any atom is 0.256 e. The number of fused-ring (bicyclic) bond motifs is 4. The van der Waals surface area contributed by atoms with Gasteiger partial charge in [0.1, 0.15) is 5.82 Å². The van der Waals surface area contributed by atoms with Gasteiger partial charge in [-0.15, -0.1) is 0 Å². The lowest BCUT2D eigenvalue weighted by molar-refractivity contribution is 0.0226. The van der Waals surface area contributed by atoms with Crippen molar-refractivity contribution in [2.45, 2.75) is 45.2 Å². The Bertz CT molecular complexity index is 1240. The number of rotatable bonds is 2. The summed E-state index contributed by atoms with van der Waals surface area (Å²) in [5, 5.41) is 3.95. The Kier molecular flexibility index (Phi) is 5.21. The molecule has 2 aliphatic rings. The molecule has 32 heavy (non-hydrogen) atoms. The van der Waals surface area contributed by atoms with Gasteiger partial charge < -0.3 is 4.90 Å². The first kappa shape index (κ1) is 21.3. The van der Waals surface area contributed by atoms with Crippen molar-refractivity contribution in [3.63, 3.8) is 0 Å². The van der Waals surface area contributed by atoms with Crippen molar-refractivity contribution in [3.8, 4) is 11.4 Å². The van der Waals surface area contributed by atoms with E-state index in [1.165, 1.54) is 12.1 Å². The van der Waals surface area contributed by atoms with E-state index in [4.69, 9.17) is 33.2 Å². The summed E-state index contributed by atoms with van der Waals surface area (Å²) < 4.78 is 16.2. The van der Waals surface area contributed by atoms with Crippen LogP contribution in [0.25, 0.3) is 11.4 Å². The first-order valence-corrected chi connectivity index (χ1v) is 11.4. The van der Waals surface area contributed by atoms with Crippen LogP contribution >= 0.6 is 23.2 Å². The third-order valence-electron chi connectivity index (χ3n) is 6.62. The number of hydrogen-bond donors (Lipinski definition) is 0. The van der Waals surface area contributed by atoms with Gasteiger partial charge in [-0.25, -0.2) is 14.4 Å². The smallest absolute Gasteiger partial charge is 0.256 e. The van der Waals surface area contributed by atoms with Gasteiger partial charge in [-0.2, -0.15) is 5.10 Å². The standard InChI is InChI=1S/C23H22Cl2FN5O/c1-11-4-5-13-10-15-20(17-8-9-27-30(17)3)28-12(2)29-21(15)22(11)31(13)23(32)14-6-7-16(24)19(26)18(14)25/h6-9,11,13,22H,4-5,10H2,1-3H3/t11-,13+,22-/m1/s1. The van der Waals surface area contributed by atoms with E-state index in [9.17, 15) is 9.18 Å². The molecule has 0 saturated carbocycles. The fourth-order valence-electron chi connectivity index (χ4n) is 5.09. The molecule has 4 heterocycles. The number of nitrogens with zero attached hydrogens (tertiary/aromatic N) is 5. The van der Waals surface area contributed by atoms with E-state index in [1.54, 1.807) is 10.9 Å². The number of piperidine rings is 1. The van der Waals surface area contributed by atoms with Gasteiger partial charge in [0, 0.05) is 24.8 Å². The molecular weight excluding hydrogens is 452 g/mol. The SMILES string of the molecule is Cc1nc(-c2ccnn2C)c2c(n1)[C@H]1[C@H](C)CC[C@@H](C2)N1C(=O)c1ccc(Cl)c(F)c1Cl. The highest BCUT2D eigenvalue weighted by molar-refractivity contribution is 6.37. The lowest BCUT2D eigenvalue weighted by Gasteiger charge is -2.49. The van der Waals surface area contributed by atoms with E-state index in [2.05, 4.69) is 12.0 Å². The average Bonchev–Trinajstić information content (AvgIpc) is 3.19. The molecule has 0 radical (unpaired) electrons. The molecule has 3 atom stereocenters. The summed E-state index contributed by atoms with van der Waals surface area (Å²) in [6.07, 6.45) is 4.19. The summed E-state index contributed by atoms with van der Waals surface area (Å²) in [5.74, 6) is -0.249. The Hall–Kier alpha value is -2.51. The van der Waals surface area contributed by atoms with Crippen LogP contribution < -0.4 is 0 Å². The molecule has 1 amide bonds. The zero-order valence-corrected chi connectivity index (χ0v) is 19.5. The van der Waals surface area contributed by atoms with E-state index in [0.29, 0.717) is 12.2 Å². The fourth-order valence-corrected chi connectivity index (χ4v) is 5.55. The van der Waals surface area contributed by atoms with Gasteiger partial charge in [0.05, 0.1) is 38.7 Å². The summed E-state index contributed by atoms with van der Waals surface area (Å²) in [6.45, 7) is 3.98. The van der Waals surface area contributed by atoms with Gasteiger partial charge in [0.25, 0.3) is 5.91 Å². The van der Waals surface area contributed by atoms with E-state index in [1.807, 2.05) is 24.9 Å². The minimum absolute atomic E-state index is 0.0516. The molecule has 3 aromatic rings. The molecule has 2 aromatic heterocycles. The van der Waals surface area contributed by atoms with Gasteiger partial charge in [0.2, 0.25) is 0 Å². The second-order valence-electron chi connectivity index (χ2n) is 8.62. The zero-order chi connectivity index (χ0) is 22.7. The number of benzene rings is 1. The van der Waals surface area contributed by atoms with Crippen LogP contribution in [0.2, 0.25) is 10.0 Å². The van der Waals surface area contributed by atoms with E-state index < -0.39 is 5.82 Å². The normalized spacial score (nSPS) is 22.1. The van der Waals surface area contributed by atoms with Gasteiger partial charge in [-0.3, -0.25) is 9.48 Å². The molecule has 0 aliphatic carbocycles. The first-order valence-electron chi connectivity index (χ1n) is 10.6. The minimum Gasteiger partial charge on any atom is -0.326 e. The van der Waals surface area contributed by atoms with Crippen molar-refractivity contribution in [1.82, 2.24) is 24.6 Å². The molecule has 166 valence electrons. The zero-order valence-electron chi connectivity index (χ0n) is 17.9. The van der Waals surface area contributed by atoms with Crippen LogP contribution in [-0.4, -0.2) is 36.6 Å². The highest BCUT2D eigenvalue weighted by Crippen LogP contribution is 2.47. The second kappa shape index (κ2) is 7.81. The average molecular weight is 474 g/mol. The number of carbonyl (C=O) groups is 1. The van der Waals surface area contributed by atoms with Gasteiger partial charge in [-0.1, -0.05) is 30.1 Å². The van der Waals surface area contributed by atoms with Crippen LogP contribution in [-0.2, 0) is 13.5 Å². The number of carbonyl (C=O) groups excluding carboxylic acids is 1. The summed E-state index contributed by atoms with van der Waals surface area (Å²) in [4.78, 5) is 25.1. The molecule has 6 nitrogen and oxygen atoms in total. The van der Waals surface area contributed by atoms with Crippen molar-refractivity contribution >= 4 is 29.1 Å². The summed E-state index contributed by atoms with van der Waals surface area (Å²) in [6, 6.07) is 4.52. The van der Waals surface area contributed by atoms with Gasteiger partial charge in [0.15, 0.2) is 5.82 Å². The number of aryl methyl sites for hydroxylation is 2. The van der Waals surface area contributed by atoms with Crippen LogP contribution in [0.15, 0.2) is 24.4 Å². The number of hydrogen-bond acceptors (Lipinski definition) is 4. The van der Waals surface area contributed by atoms with Crippen LogP contribution in [0.4, 0.5) is 4.39 Å². The van der Waals surface area contributed by atoms with Crippen LogP contribution in [0.5, 0.6) is 0 Å². The number of aromatic nitrogens is 4. The molecule has 2 bridgehead atoms. The summed E-state index contributed by atoms with van der Waals surface area (Å²) >= 11 is 12.0. The quantitative estimate of drug-likeness (QED) is 0.481. The maximum atomic E-state index is 14.4. The van der Waals surface area contributed by atoms with E-state index >= 15 is 0 Å². The molecule has 0 N–H and O–H groups in total. The Morgan fingerprint density at radius 3 is 2.69 bits per heavy atom. The Labute approximate surface area is 195 Å². The third-order valence-corrected chi connectivity index (χ3v) is 7.28. The third kappa shape index (κ3) is 3.21. The minimum atomic E-state index is -0.772. The molecular formula is C23H22Cl2FN5O. The molecule has 1 fully saturated rings. The van der Waals surface area contributed by atoms with E-state index in [0.717, 1.165) is 35.5 Å². The lowest BCUT2D eigenvalue weighted by Crippen LogP contribution is -2.53. The van der Waals surface area contributed by atoms with Gasteiger partial charge in [-0.05, 0) is 50.3 Å². The molecule has 0 spiro atoms. The van der Waals surface area contributed by atoms with Crippen LogP contribution in [0, 0.1) is 18.7 Å². The molecule has 1 saturated heterocycles. The van der Waals surface area contributed by atoms with E-state index in [-0.39, 0.29) is 39.5 Å². The van der Waals surface area contributed by atoms with Crippen molar-refractivity contribution < 1.29 is 9.18 Å². The van der Waals surface area contributed by atoms with Gasteiger partial charge >= 0.3 is 0 Å². The Balaban J connectivity index is 1.66. The predicted molar refractivity (Wildman–Crippen MR) is 120 cm³/mol.